The Bertz CT molecular complexity index is 1310. The minimum atomic E-state index is -0.706. The lowest BCUT2D eigenvalue weighted by molar-refractivity contribution is -0.132. The third-order valence-corrected chi connectivity index (χ3v) is 7.85. The summed E-state index contributed by atoms with van der Waals surface area (Å²) in [5, 5.41) is 25.7. The van der Waals surface area contributed by atoms with E-state index in [0.717, 1.165) is 24.0 Å². The third kappa shape index (κ3) is 5.71. The summed E-state index contributed by atoms with van der Waals surface area (Å²) in [7, 11) is 1.66. The van der Waals surface area contributed by atoms with Gasteiger partial charge in [0, 0.05) is 30.8 Å². The molecular formula is C31H37N5O3. The van der Waals surface area contributed by atoms with Crippen molar-refractivity contribution < 1.29 is 14.7 Å². The van der Waals surface area contributed by atoms with Gasteiger partial charge in [-0.15, -0.1) is 0 Å². The number of carbonyl (C=O) groups is 2. The Balaban J connectivity index is 1.66. The van der Waals surface area contributed by atoms with Crippen molar-refractivity contribution >= 4 is 24.0 Å². The van der Waals surface area contributed by atoms with Crippen LogP contribution < -0.4 is 10.6 Å². The molecule has 8 heteroatoms. The zero-order chi connectivity index (χ0) is 28.2. The van der Waals surface area contributed by atoms with Gasteiger partial charge < -0.3 is 15.7 Å². The number of carbonyl (C=O) groups excluding carboxylic acids is 2. The molecular weight excluding hydrogens is 490 g/mol. The van der Waals surface area contributed by atoms with Gasteiger partial charge in [0.1, 0.15) is 0 Å². The summed E-state index contributed by atoms with van der Waals surface area (Å²) in [5.41, 5.74) is 3.10. The third-order valence-electron chi connectivity index (χ3n) is 7.85. The molecule has 0 bridgehead atoms. The van der Waals surface area contributed by atoms with Gasteiger partial charge in [0.05, 0.1) is 24.6 Å². The lowest BCUT2D eigenvalue weighted by Crippen LogP contribution is -2.62. The van der Waals surface area contributed by atoms with Gasteiger partial charge in [0.2, 0.25) is 5.91 Å². The number of aliphatic imine (C=N–C) groups is 1. The molecule has 0 aromatic heterocycles. The Morgan fingerprint density at radius 2 is 2.03 bits per heavy atom. The van der Waals surface area contributed by atoms with Crippen LogP contribution in [0, 0.1) is 5.41 Å². The van der Waals surface area contributed by atoms with Crippen molar-refractivity contribution in [3.63, 3.8) is 0 Å². The Hall–Kier alpha value is -4.04. The largest absolute Gasteiger partial charge is 0.390 e. The van der Waals surface area contributed by atoms with Gasteiger partial charge in [-0.3, -0.25) is 24.9 Å². The van der Waals surface area contributed by atoms with Crippen molar-refractivity contribution in [3.05, 3.63) is 95.1 Å². The van der Waals surface area contributed by atoms with Gasteiger partial charge in [-0.1, -0.05) is 62.9 Å². The minimum Gasteiger partial charge on any atom is -0.390 e. The summed E-state index contributed by atoms with van der Waals surface area (Å²) in [6, 6.07) is 13.5. The van der Waals surface area contributed by atoms with Crippen molar-refractivity contribution in [2.45, 2.75) is 63.3 Å². The highest BCUT2D eigenvalue weighted by atomic mass is 16.3. The van der Waals surface area contributed by atoms with Gasteiger partial charge in [-0.2, -0.15) is 0 Å². The fourth-order valence-electron chi connectivity index (χ4n) is 5.50. The van der Waals surface area contributed by atoms with Crippen LogP contribution in [0.1, 0.15) is 72.2 Å². The van der Waals surface area contributed by atoms with E-state index in [9.17, 15) is 14.7 Å². The first kappa shape index (κ1) is 28.0. The number of aliphatic hydroxyl groups is 1. The number of rotatable bonds is 9. The first-order valence-corrected chi connectivity index (χ1v) is 13.4. The number of nitrogens with one attached hydrogen (secondary N) is 3. The molecule has 4 N–H and O–H groups in total. The average molecular weight is 528 g/mol. The van der Waals surface area contributed by atoms with Crippen molar-refractivity contribution in [2.24, 2.45) is 4.99 Å². The molecule has 1 saturated heterocycles. The topological polar surface area (TPSA) is 118 Å². The Labute approximate surface area is 230 Å². The van der Waals surface area contributed by atoms with E-state index in [1.807, 2.05) is 44.2 Å². The molecule has 0 saturated carbocycles. The summed E-state index contributed by atoms with van der Waals surface area (Å²) >= 11 is 0. The number of aliphatic hydroxyl groups excluding tert-OH is 1. The van der Waals surface area contributed by atoms with Gasteiger partial charge in [0.25, 0.3) is 5.91 Å². The maximum Gasteiger partial charge on any atom is 0.251 e. The highest BCUT2D eigenvalue weighted by Gasteiger charge is 2.42. The molecule has 2 amide bonds. The van der Waals surface area contributed by atoms with E-state index in [-0.39, 0.29) is 24.2 Å². The van der Waals surface area contributed by atoms with Crippen molar-refractivity contribution in [2.75, 3.05) is 7.05 Å². The molecule has 1 aliphatic heterocycles. The van der Waals surface area contributed by atoms with Crippen LogP contribution in [0.5, 0.6) is 0 Å². The lowest BCUT2D eigenvalue weighted by atomic mass is 9.85. The predicted molar refractivity (Wildman–Crippen MR) is 154 cm³/mol. The Morgan fingerprint density at radius 1 is 1.28 bits per heavy atom. The van der Waals surface area contributed by atoms with Gasteiger partial charge in [-0.05, 0) is 53.3 Å². The van der Waals surface area contributed by atoms with Crippen molar-refractivity contribution in [1.82, 2.24) is 15.5 Å². The molecule has 4 rings (SSSR count). The second-order valence-corrected chi connectivity index (χ2v) is 10.2. The van der Waals surface area contributed by atoms with Crippen LogP contribution in [0.4, 0.5) is 0 Å². The van der Waals surface area contributed by atoms with Crippen LogP contribution in [-0.4, -0.2) is 52.7 Å². The maximum absolute atomic E-state index is 13.5. The van der Waals surface area contributed by atoms with Gasteiger partial charge >= 0.3 is 0 Å². The fraction of sp³-hybridized carbons (Fsp3) is 0.355. The van der Waals surface area contributed by atoms with Crippen molar-refractivity contribution in [3.8, 4) is 0 Å². The molecule has 1 fully saturated rings. The number of amides is 2. The van der Waals surface area contributed by atoms with Crippen LogP contribution in [0.3, 0.4) is 0 Å². The van der Waals surface area contributed by atoms with Gasteiger partial charge in [0.15, 0.2) is 5.96 Å². The first-order chi connectivity index (χ1) is 18.7. The number of hydrogen-bond donors (Lipinski definition) is 4. The quantitative estimate of drug-likeness (QED) is 0.288. The van der Waals surface area contributed by atoms with E-state index in [1.54, 1.807) is 43.6 Å². The molecule has 2 aliphatic rings. The lowest BCUT2D eigenvalue weighted by Gasteiger charge is -2.45. The molecule has 204 valence electrons. The van der Waals surface area contributed by atoms with E-state index >= 15 is 0 Å². The molecule has 0 unspecified atom stereocenters. The zero-order valence-electron chi connectivity index (χ0n) is 22.8. The average Bonchev–Trinajstić information content (AvgIpc) is 3.25. The van der Waals surface area contributed by atoms with E-state index in [2.05, 4.69) is 22.2 Å². The van der Waals surface area contributed by atoms with Crippen LogP contribution in [0.2, 0.25) is 0 Å². The fourth-order valence-corrected chi connectivity index (χ4v) is 5.50. The predicted octanol–water partition coefficient (Wildman–Crippen LogP) is 4.24. The number of hydrogen-bond acceptors (Lipinski definition) is 5. The monoisotopic (exact) mass is 527 g/mol. The molecule has 2 aromatic carbocycles. The van der Waals surface area contributed by atoms with Crippen molar-refractivity contribution in [1.29, 1.82) is 5.41 Å². The summed E-state index contributed by atoms with van der Waals surface area (Å²) in [4.78, 5) is 32.3. The first-order valence-electron chi connectivity index (χ1n) is 13.4. The Morgan fingerprint density at radius 3 is 2.72 bits per heavy atom. The smallest absolute Gasteiger partial charge is 0.251 e. The number of guanidine groups is 1. The van der Waals surface area contributed by atoms with Crippen LogP contribution in [0.25, 0.3) is 0 Å². The minimum absolute atomic E-state index is 0.0131. The molecule has 0 spiro atoms. The zero-order valence-corrected chi connectivity index (χ0v) is 22.8. The maximum atomic E-state index is 13.5. The summed E-state index contributed by atoms with van der Waals surface area (Å²) in [6.07, 6.45) is 6.59. The number of nitrogens with zero attached hydrogens (tertiary/aromatic N) is 2. The summed E-state index contributed by atoms with van der Waals surface area (Å²) in [5.74, 6) is -0.490. The van der Waals surface area contributed by atoms with Crippen LogP contribution in [0.15, 0.2) is 77.8 Å². The van der Waals surface area contributed by atoms with E-state index in [0.29, 0.717) is 23.1 Å². The molecule has 3 atom stereocenters. The van der Waals surface area contributed by atoms with Gasteiger partial charge in [-0.25, -0.2) is 0 Å². The van der Waals surface area contributed by atoms with Crippen LogP contribution >= 0.6 is 0 Å². The normalized spacial score (nSPS) is 21.2. The number of benzene rings is 2. The molecule has 39 heavy (non-hydrogen) atoms. The number of fused-ring (bicyclic) bond motifs is 1. The highest BCUT2D eigenvalue weighted by molar-refractivity contribution is 6.00. The number of allylic oxidation sites excluding steroid dienone is 1. The molecule has 8 nitrogen and oxygen atoms in total. The summed E-state index contributed by atoms with van der Waals surface area (Å²) in [6.45, 7) is 8.24. The molecule has 1 heterocycles. The second-order valence-electron chi connectivity index (χ2n) is 10.2. The molecule has 0 radical (unpaired) electrons. The molecule has 1 aliphatic carbocycles. The van der Waals surface area contributed by atoms with Crippen LogP contribution in [-0.2, 0) is 11.2 Å². The SMILES string of the molecule is C=C(/C=C\C=N/C)[C@@H](c1cccc(C(=O)N[C@@H]2c3ccccc3C[C@H]2O)c1)N1C(=N)NC(CC)(CC)CC1=O. The van der Waals surface area contributed by atoms with E-state index in [1.165, 1.54) is 4.90 Å². The molecule has 2 aromatic rings. The van der Waals surface area contributed by atoms with E-state index < -0.39 is 23.7 Å². The highest BCUT2D eigenvalue weighted by Crippen LogP contribution is 2.35. The standard InChI is InChI=1S/C31H37N5O3/c1-5-31(6-2)19-26(38)36(30(32)35-31)28(20(3)11-10-16-33-4)22-13-9-14-23(17-22)29(39)34-27-24-15-8-7-12-21(24)18-25(27)37/h7-17,25,27-28,37H,3,5-6,18-19H2,1-2,4H3,(H2,32,35)(H,34,39)/b11-10-,33-16-/t25-,27-,28+/m1/s1. The summed E-state index contributed by atoms with van der Waals surface area (Å²) < 4.78 is 0. The second kappa shape index (κ2) is 11.8. The van der Waals surface area contributed by atoms with E-state index in [4.69, 9.17) is 5.41 Å². The Kier molecular flexibility index (Phi) is 8.45.